The molecule has 0 spiro atoms. The Balaban J connectivity index is 2.05. The minimum absolute atomic E-state index is 0.0438. The second-order valence-electron chi connectivity index (χ2n) is 4.07. The van der Waals surface area contributed by atoms with Crippen molar-refractivity contribution in [3.63, 3.8) is 0 Å². The predicted octanol–water partition coefficient (Wildman–Crippen LogP) is 3.71. The van der Waals surface area contributed by atoms with E-state index in [1.54, 1.807) is 18.3 Å². The maximum atomic E-state index is 12.7. The SMILES string of the molecule is FC(COc1ccc(-c2ncccc2S)nc1)C(F)(F)F. The van der Waals surface area contributed by atoms with Crippen LogP contribution in [-0.2, 0) is 0 Å². The van der Waals surface area contributed by atoms with Gasteiger partial charge in [-0.05, 0) is 24.3 Å². The molecular formula is C13H10F4N2OS. The van der Waals surface area contributed by atoms with Crippen LogP contribution in [0, 0.1) is 0 Å². The Morgan fingerprint density at radius 1 is 1.19 bits per heavy atom. The summed E-state index contributed by atoms with van der Waals surface area (Å²) in [4.78, 5) is 8.72. The zero-order valence-corrected chi connectivity index (χ0v) is 11.4. The number of rotatable bonds is 4. The zero-order chi connectivity index (χ0) is 15.5. The van der Waals surface area contributed by atoms with Gasteiger partial charge in [-0.25, -0.2) is 4.39 Å². The molecule has 3 nitrogen and oxygen atoms in total. The molecule has 0 amide bonds. The van der Waals surface area contributed by atoms with Crippen molar-refractivity contribution in [1.82, 2.24) is 9.97 Å². The Morgan fingerprint density at radius 3 is 2.52 bits per heavy atom. The molecule has 2 aromatic heterocycles. The van der Waals surface area contributed by atoms with Crippen LogP contribution in [0.15, 0.2) is 41.6 Å². The van der Waals surface area contributed by atoms with E-state index < -0.39 is 19.0 Å². The van der Waals surface area contributed by atoms with Crippen molar-refractivity contribution in [2.75, 3.05) is 6.61 Å². The summed E-state index contributed by atoms with van der Waals surface area (Å²) in [5.41, 5.74) is 1.02. The Morgan fingerprint density at radius 2 is 1.95 bits per heavy atom. The number of hydrogen-bond acceptors (Lipinski definition) is 4. The Kier molecular flexibility index (Phi) is 4.66. The van der Waals surface area contributed by atoms with Gasteiger partial charge in [0.2, 0.25) is 6.17 Å². The minimum atomic E-state index is -4.93. The third kappa shape index (κ3) is 4.07. The number of nitrogens with zero attached hydrogens (tertiary/aromatic N) is 2. The molecule has 0 N–H and O–H groups in total. The van der Waals surface area contributed by atoms with Crippen molar-refractivity contribution in [2.45, 2.75) is 17.2 Å². The largest absolute Gasteiger partial charge is 0.489 e. The molecule has 0 aliphatic heterocycles. The van der Waals surface area contributed by atoms with Gasteiger partial charge in [-0.2, -0.15) is 13.2 Å². The summed E-state index contributed by atoms with van der Waals surface area (Å²) in [6, 6.07) is 6.35. The lowest BCUT2D eigenvalue weighted by Crippen LogP contribution is -2.30. The molecule has 8 heteroatoms. The number of thiol groups is 1. The molecule has 1 unspecified atom stereocenters. The van der Waals surface area contributed by atoms with Gasteiger partial charge in [-0.15, -0.1) is 12.6 Å². The molecule has 2 aromatic rings. The van der Waals surface area contributed by atoms with Gasteiger partial charge in [0, 0.05) is 11.1 Å². The van der Waals surface area contributed by atoms with E-state index in [0.717, 1.165) is 0 Å². The van der Waals surface area contributed by atoms with Crippen molar-refractivity contribution in [3.8, 4) is 17.1 Å². The first-order valence-corrected chi connectivity index (χ1v) is 6.26. The summed E-state index contributed by atoms with van der Waals surface area (Å²) >= 11 is 4.23. The van der Waals surface area contributed by atoms with Crippen LogP contribution in [0.1, 0.15) is 0 Å². The summed E-state index contributed by atoms with van der Waals surface area (Å²) in [7, 11) is 0. The lowest BCUT2D eigenvalue weighted by molar-refractivity contribution is -0.187. The van der Waals surface area contributed by atoms with Crippen LogP contribution in [0.3, 0.4) is 0 Å². The summed E-state index contributed by atoms with van der Waals surface area (Å²) in [6.07, 6.45) is -5.18. The van der Waals surface area contributed by atoms with E-state index in [2.05, 4.69) is 22.6 Å². The molecule has 0 fully saturated rings. The third-order valence-corrected chi connectivity index (χ3v) is 2.88. The Hall–Kier alpha value is -1.83. The van der Waals surface area contributed by atoms with Crippen molar-refractivity contribution in [3.05, 3.63) is 36.7 Å². The van der Waals surface area contributed by atoms with Gasteiger partial charge in [-0.3, -0.25) is 9.97 Å². The van der Waals surface area contributed by atoms with E-state index in [-0.39, 0.29) is 5.75 Å². The molecule has 0 aromatic carbocycles. The monoisotopic (exact) mass is 318 g/mol. The molecule has 0 bridgehead atoms. The van der Waals surface area contributed by atoms with Crippen LogP contribution in [0.25, 0.3) is 11.4 Å². The molecule has 0 radical (unpaired) electrons. The number of hydrogen-bond donors (Lipinski definition) is 1. The van der Waals surface area contributed by atoms with Crippen LogP contribution in [-0.4, -0.2) is 28.9 Å². The number of halogens is 4. The lowest BCUT2D eigenvalue weighted by atomic mass is 10.2. The molecule has 1 atom stereocenters. The smallest absolute Gasteiger partial charge is 0.423 e. The van der Waals surface area contributed by atoms with Gasteiger partial charge in [0.1, 0.15) is 18.1 Å². The fraction of sp³-hybridized carbons (Fsp3) is 0.231. The van der Waals surface area contributed by atoms with Crippen molar-refractivity contribution in [2.24, 2.45) is 0 Å². The topological polar surface area (TPSA) is 35.0 Å². The fourth-order valence-electron chi connectivity index (χ4n) is 1.46. The number of pyridine rings is 2. The van der Waals surface area contributed by atoms with E-state index in [1.807, 2.05) is 0 Å². The number of aromatic nitrogens is 2. The van der Waals surface area contributed by atoms with Gasteiger partial charge in [0.15, 0.2) is 0 Å². The van der Waals surface area contributed by atoms with E-state index >= 15 is 0 Å². The summed E-state index contributed by atoms with van der Waals surface area (Å²) < 4.78 is 53.4. The zero-order valence-electron chi connectivity index (χ0n) is 10.5. The Labute approximate surface area is 123 Å². The van der Waals surface area contributed by atoms with Gasteiger partial charge in [-0.1, -0.05) is 0 Å². The molecule has 2 rings (SSSR count). The normalized spacial score (nSPS) is 13.0. The number of alkyl halides is 4. The Bertz CT molecular complexity index is 604. The van der Waals surface area contributed by atoms with Gasteiger partial charge in [0.05, 0.1) is 11.9 Å². The highest BCUT2D eigenvalue weighted by Crippen LogP contribution is 2.25. The average molecular weight is 318 g/mol. The summed E-state index contributed by atoms with van der Waals surface area (Å²) in [5.74, 6) is 0.0438. The summed E-state index contributed by atoms with van der Waals surface area (Å²) in [6.45, 7) is -1.11. The van der Waals surface area contributed by atoms with Gasteiger partial charge in [0.25, 0.3) is 0 Å². The van der Waals surface area contributed by atoms with Crippen molar-refractivity contribution in [1.29, 1.82) is 0 Å². The highest BCUT2D eigenvalue weighted by molar-refractivity contribution is 7.80. The van der Waals surface area contributed by atoms with Crippen LogP contribution < -0.4 is 4.74 Å². The quantitative estimate of drug-likeness (QED) is 0.689. The summed E-state index contributed by atoms with van der Waals surface area (Å²) in [5, 5.41) is 0. The van der Waals surface area contributed by atoms with Crippen LogP contribution in [0.2, 0.25) is 0 Å². The van der Waals surface area contributed by atoms with E-state index in [4.69, 9.17) is 4.74 Å². The van der Waals surface area contributed by atoms with Crippen LogP contribution in [0.5, 0.6) is 5.75 Å². The number of ether oxygens (including phenoxy) is 1. The first kappa shape index (κ1) is 15.6. The van der Waals surface area contributed by atoms with Gasteiger partial charge < -0.3 is 4.74 Å². The highest BCUT2D eigenvalue weighted by atomic mass is 32.1. The van der Waals surface area contributed by atoms with Gasteiger partial charge >= 0.3 is 6.18 Å². The third-order valence-electron chi connectivity index (χ3n) is 2.52. The molecule has 0 aliphatic rings. The van der Waals surface area contributed by atoms with Crippen molar-refractivity contribution < 1.29 is 22.3 Å². The van der Waals surface area contributed by atoms with E-state index in [9.17, 15) is 17.6 Å². The predicted molar refractivity (Wildman–Crippen MR) is 71.2 cm³/mol. The molecule has 21 heavy (non-hydrogen) atoms. The van der Waals surface area contributed by atoms with Crippen molar-refractivity contribution >= 4 is 12.6 Å². The lowest BCUT2D eigenvalue weighted by Gasteiger charge is -2.13. The van der Waals surface area contributed by atoms with E-state index in [0.29, 0.717) is 16.3 Å². The minimum Gasteiger partial charge on any atom is -0.489 e. The molecule has 2 heterocycles. The maximum Gasteiger partial charge on any atom is 0.423 e. The first-order valence-electron chi connectivity index (χ1n) is 5.82. The fourth-order valence-corrected chi connectivity index (χ4v) is 1.72. The molecule has 112 valence electrons. The molecule has 0 saturated heterocycles. The highest BCUT2D eigenvalue weighted by Gasteiger charge is 2.40. The molecular weight excluding hydrogens is 308 g/mol. The first-order chi connectivity index (χ1) is 9.88. The molecule has 0 saturated carbocycles. The average Bonchev–Trinajstić information content (AvgIpc) is 2.45. The maximum absolute atomic E-state index is 12.7. The second-order valence-corrected chi connectivity index (χ2v) is 4.55. The standard InChI is InChI=1S/C13H10F4N2OS/c14-11(13(15,16)17)7-20-8-3-4-9(19-6-8)12-10(21)2-1-5-18-12/h1-6,11,21H,7H2. The molecule has 0 aliphatic carbocycles. The van der Waals surface area contributed by atoms with Crippen LogP contribution >= 0.6 is 12.6 Å². The second kappa shape index (κ2) is 6.30. The van der Waals surface area contributed by atoms with Crippen LogP contribution in [0.4, 0.5) is 17.6 Å². The van der Waals surface area contributed by atoms with E-state index in [1.165, 1.54) is 18.3 Å².